The van der Waals surface area contributed by atoms with Crippen LogP contribution in [-0.4, -0.2) is 60.7 Å². The molecule has 156 valence electrons. The molecule has 2 aromatic rings. The molecule has 9 heteroatoms. The Morgan fingerprint density at radius 3 is 2.45 bits per heavy atom. The molecule has 3 heterocycles. The van der Waals surface area contributed by atoms with Crippen molar-refractivity contribution in [3.05, 3.63) is 47.3 Å². The van der Waals surface area contributed by atoms with Crippen molar-refractivity contribution in [3.63, 3.8) is 0 Å². The van der Waals surface area contributed by atoms with Crippen LogP contribution in [-0.2, 0) is 21.2 Å². The van der Waals surface area contributed by atoms with Crippen molar-refractivity contribution >= 4 is 16.1 Å². The van der Waals surface area contributed by atoms with Gasteiger partial charge in [0.05, 0.1) is 6.04 Å². The van der Waals surface area contributed by atoms with Gasteiger partial charge in [-0.05, 0) is 38.7 Å². The third-order valence-electron chi connectivity index (χ3n) is 5.70. The van der Waals surface area contributed by atoms with Crippen LogP contribution in [0, 0.1) is 13.8 Å². The SMILES string of the molecule is Cc1noc(C)c1S(=O)(=O)N1CCC(N2C(=O)OCC2Cc2ccccc2)CC1. The molecule has 1 aromatic heterocycles. The first-order valence-electron chi connectivity index (χ1n) is 9.80. The summed E-state index contributed by atoms with van der Waals surface area (Å²) < 4.78 is 37.8. The third-order valence-corrected chi connectivity index (χ3v) is 7.84. The summed E-state index contributed by atoms with van der Waals surface area (Å²) in [4.78, 5) is 14.3. The van der Waals surface area contributed by atoms with Gasteiger partial charge in [-0.2, -0.15) is 4.31 Å². The van der Waals surface area contributed by atoms with Gasteiger partial charge in [0.1, 0.15) is 17.2 Å². The van der Waals surface area contributed by atoms with Crippen LogP contribution in [0.3, 0.4) is 0 Å². The van der Waals surface area contributed by atoms with Crippen molar-refractivity contribution in [2.45, 2.75) is 50.1 Å². The van der Waals surface area contributed by atoms with E-state index in [4.69, 9.17) is 9.26 Å². The summed E-state index contributed by atoms with van der Waals surface area (Å²) >= 11 is 0. The van der Waals surface area contributed by atoms with Gasteiger partial charge in [0, 0.05) is 19.1 Å². The van der Waals surface area contributed by atoms with Crippen LogP contribution in [0.4, 0.5) is 4.79 Å². The maximum Gasteiger partial charge on any atom is 0.410 e. The summed E-state index contributed by atoms with van der Waals surface area (Å²) in [6, 6.07) is 9.95. The van der Waals surface area contributed by atoms with Gasteiger partial charge in [-0.15, -0.1) is 0 Å². The first-order valence-corrected chi connectivity index (χ1v) is 11.2. The van der Waals surface area contributed by atoms with Crippen molar-refractivity contribution in [1.29, 1.82) is 0 Å². The molecule has 2 fully saturated rings. The smallest absolute Gasteiger partial charge is 0.410 e. The Labute approximate surface area is 170 Å². The van der Waals surface area contributed by atoms with E-state index in [0.29, 0.717) is 44.0 Å². The van der Waals surface area contributed by atoms with E-state index >= 15 is 0 Å². The molecule has 0 aliphatic carbocycles. The minimum atomic E-state index is -3.66. The molecule has 0 bridgehead atoms. The van der Waals surface area contributed by atoms with E-state index < -0.39 is 10.0 Å². The lowest BCUT2D eigenvalue weighted by molar-refractivity contribution is 0.125. The molecule has 29 heavy (non-hydrogen) atoms. The zero-order chi connectivity index (χ0) is 20.6. The predicted octanol–water partition coefficient (Wildman–Crippen LogP) is 2.51. The van der Waals surface area contributed by atoms with E-state index in [-0.39, 0.29) is 23.1 Å². The summed E-state index contributed by atoms with van der Waals surface area (Å²) in [5.74, 6) is 0.302. The van der Waals surface area contributed by atoms with Gasteiger partial charge in [0.25, 0.3) is 0 Å². The first kappa shape index (κ1) is 19.9. The number of piperidine rings is 1. The van der Waals surface area contributed by atoms with Crippen LogP contribution >= 0.6 is 0 Å². The van der Waals surface area contributed by atoms with Gasteiger partial charge in [0.15, 0.2) is 5.76 Å². The second-order valence-electron chi connectivity index (χ2n) is 7.62. The van der Waals surface area contributed by atoms with Crippen molar-refractivity contribution in [2.24, 2.45) is 0 Å². The van der Waals surface area contributed by atoms with Crippen LogP contribution < -0.4 is 0 Å². The Bertz CT molecular complexity index is 961. The van der Waals surface area contributed by atoms with Crippen molar-refractivity contribution < 1.29 is 22.5 Å². The Balaban J connectivity index is 1.45. The highest BCUT2D eigenvalue weighted by molar-refractivity contribution is 7.89. The molecule has 1 atom stereocenters. The number of amides is 1. The van der Waals surface area contributed by atoms with Crippen LogP contribution in [0.5, 0.6) is 0 Å². The molecule has 2 aliphatic rings. The van der Waals surface area contributed by atoms with E-state index in [1.807, 2.05) is 35.2 Å². The lowest BCUT2D eigenvalue weighted by Crippen LogP contribution is -2.50. The zero-order valence-corrected chi connectivity index (χ0v) is 17.4. The lowest BCUT2D eigenvalue weighted by atomic mass is 10.00. The van der Waals surface area contributed by atoms with Gasteiger partial charge in [-0.25, -0.2) is 13.2 Å². The summed E-state index contributed by atoms with van der Waals surface area (Å²) in [5.41, 5.74) is 1.52. The quantitative estimate of drug-likeness (QED) is 0.739. The number of cyclic esters (lactones) is 1. The standard InChI is InChI=1S/C20H25N3O5S/c1-14-19(15(2)28-21-14)29(25,26)22-10-8-17(9-11-22)23-18(13-27-20(23)24)12-16-6-4-3-5-7-16/h3-7,17-18H,8-13H2,1-2H3. The summed E-state index contributed by atoms with van der Waals surface area (Å²) in [7, 11) is -3.66. The summed E-state index contributed by atoms with van der Waals surface area (Å²) in [6.07, 6.45) is 1.56. The number of nitrogens with zero attached hydrogens (tertiary/aromatic N) is 3. The molecular formula is C20H25N3O5S. The third kappa shape index (κ3) is 3.76. The van der Waals surface area contributed by atoms with E-state index in [1.54, 1.807) is 13.8 Å². The van der Waals surface area contributed by atoms with E-state index in [1.165, 1.54) is 4.31 Å². The Morgan fingerprint density at radius 2 is 1.83 bits per heavy atom. The molecule has 0 saturated carbocycles. The lowest BCUT2D eigenvalue weighted by Gasteiger charge is -2.37. The fourth-order valence-electron chi connectivity index (χ4n) is 4.29. The molecule has 1 aromatic carbocycles. The number of carbonyl (C=O) groups is 1. The highest BCUT2D eigenvalue weighted by Crippen LogP contribution is 2.30. The van der Waals surface area contributed by atoms with E-state index in [9.17, 15) is 13.2 Å². The second-order valence-corrected chi connectivity index (χ2v) is 9.49. The van der Waals surface area contributed by atoms with Crippen LogP contribution in [0.25, 0.3) is 0 Å². The molecule has 2 saturated heterocycles. The van der Waals surface area contributed by atoms with Crippen molar-refractivity contribution in [3.8, 4) is 0 Å². The number of aromatic nitrogens is 1. The van der Waals surface area contributed by atoms with E-state index in [2.05, 4.69) is 5.16 Å². The van der Waals surface area contributed by atoms with E-state index in [0.717, 1.165) is 12.0 Å². The van der Waals surface area contributed by atoms with Gasteiger partial charge in [-0.3, -0.25) is 4.90 Å². The number of aryl methyl sites for hydroxylation is 2. The topological polar surface area (TPSA) is 93.0 Å². The average Bonchev–Trinajstić information content (AvgIpc) is 3.24. The maximum absolute atomic E-state index is 13.0. The van der Waals surface area contributed by atoms with Gasteiger partial charge in [0.2, 0.25) is 10.0 Å². The number of hydrogen-bond acceptors (Lipinski definition) is 6. The number of hydrogen-bond donors (Lipinski definition) is 0. The van der Waals surface area contributed by atoms with Gasteiger partial charge in [-0.1, -0.05) is 35.5 Å². The number of sulfonamides is 1. The van der Waals surface area contributed by atoms with Crippen LogP contribution in [0.15, 0.2) is 39.8 Å². The fraction of sp³-hybridized carbons (Fsp3) is 0.500. The van der Waals surface area contributed by atoms with Crippen LogP contribution in [0.1, 0.15) is 29.9 Å². The minimum absolute atomic E-state index is 0.0272. The second kappa shape index (κ2) is 7.79. The number of benzene rings is 1. The van der Waals surface area contributed by atoms with Crippen molar-refractivity contribution in [2.75, 3.05) is 19.7 Å². The summed E-state index contributed by atoms with van der Waals surface area (Å²) in [6.45, 7) is 4.29. The normalized spacial score (nSPS) is 21.5. The molecule has 1 amide bonds. The molecule has 8 nitrogen and oxygen atoms in total. The maximum atomic E-state index is 13.0. The summed E-state index contributed by atoms with van der Waals surface area (Å²) in [5, 5.41) is 3.76. The number of ether oxygens (including phenoxy) is 1. The Morgan fingerprint density at radius 1 is 1.14 bits per heavy atom. The molecule has 4 rings (SSSR count). The zero-order valence-electron chi connectivity index (χ0n) is 16.6. The largest absolute Gasteiger partial charge is 0.447 e. The number of carbonyl (C=O) groups excluding carboxylic acids is 1. The van der Waals surface area contributed by atoms with Crippen molar-refractivity contribution in [1.82, 2.24) is 14.4 Å². The first-order chi connectivity index (χ1) is 13.9. The molecule has 0 spiro atoms. The Kier molecular flexibility index (Phi) is 5.35. The molecule has 1 unspecified atom stereocenters. The minimum Gasteiger partial charge on any atom is -0.447 e. The molecule has 0 N–H and O–H groups in total. The molecule has 2 aliphatic heterocycles. The number of rotatable bonds is 5. The fourth-order valence-corrected chi connectivity index (χ4v) is 6.06. The van der Waals surface area contributed by atoms with Crippen LogP contribution in [0.2, 0.25) is 0 Å². The molecule has 0 radical (unpaired) electrons. The predicted molar refractivity (Wildman–Crippen MR) is 105 cm³/mol. The monoisotopic (exact) mass is 419 g/mol. The van der Waals surface area contributed by atoms with Gasteiger partial charge < -0.3 is 9.26 Å². The molecular weight excluding hydrogens is 394 g/mol. The highest BCUT2D eigenvalue weighted by atomic mass is 32.2. The Hall–Kier alpha value is -2.39. The average molecular weight is 420 g/mol. The van der Waals surface area contributed by atoms with Gasteiger partial charge >= 0.3 is 6.09 Å². The highest BCUT2D eigenvalue weighted by Gasteiger charge is 2.41.